The average molecular weight is 382 g/mol. The summed E-state index contributed by atoms with van der Waals surface area (Å²) in [6.45, 7) is 5.16. The van der Waals surface area contributed by atoms with Gasteiger partial charge < -0.3 is 5.73 Å². The van der Waals surface area contributed by atoms with E-state index in [9.17, 15) is 8.42 Å². The summed E-state index contributed by atoms with van der Waals surface area (Å²) in [5.41, 5.74) is 5.93. The number of piperazine rings is 1. The highest BCUT2D eigenvalue weighted by molar-refractivity contribution is 9.10. The first-order valence-corrected chi connectivity index (χ1v) is 9.93. The van der Waals surface area contributed by atoms with Crippen LogP contribution in [0, 0.1) is 6.92 Å². The summed E-state index contributed by atoms with van der Waals surface area (Å²) in [5.74, 6) is 0. The molecule has 1 aliphatic rings. The van der Waals surface area contributed by atoms with Gasteiger partial charge in [-0.25, -0.2) is 8.42 Å². The maximum absolute atomic E-state index is 11.5. The number of nitrogens with two attached hydrogens (primary N) is 1. The van der Waals surface area contributed by atoms with Crippen LogP contribution in [0.2, 0.25) is 0 Å². The van der Waals surface area contributed by atoms with Gasteiger partial charge >= 0.3 is 0 Å². The van der Waals surface area contributed by atoms with Crippen molar-refractivity contribution in [2.45, 2.75) is 13.0 Å². The molecule has 0 radical (unpaired) electrons. The molecule has 8 heteroatoms. The Bertz CT molecular complexity index is 546. The maximum atomic E-state index is 11.5. The van der Waals surface area contributed by atoms with Crippen molar-refractivity contribution < 1.29 is 8.42 Å². The molecule has 20 heavy (non-hydrogen) atoms. The van der Waals surface area contributed by atoms with Crippen LogP contribution in [0.15, 0.2) is 10.5 Å². The summed E-state index contributed by atoms with van der Waals surface area (Å²) in [7, 11) is -3.08. The second-order valence-corrected chi connectivity index (χ2v) is 9.13. The smallest absolute Gasteiger partial charge is 0.211 e. The summed E-state index contributed by atoms with van der Waals surface area (Å²) in [4.78, 5) is 4.76. The monoisotopic (exact) mass is 381 g/mol. The second kappa shape index (κ2) is 6.41. The van der Waals surface area contributed by atoms with Gasteiger partial charge in [-0.3, -0.25) is 4.90 Å². The predicted octanol–water partition coefficient (Wildman–Crippen LogP) is 1.40. The normalized spacial score (nSPS) is 20.2. The molecule has 1 unspecified atom stereocenters. The van der Waals surface area contributed by atoms with Crippen LogP contribution in [-0.2, 0) is 10.0 Å². The Morgan fingerprint density at radius 1 is 1.40 bits per heavy atom. The van der Waals surface area contributed by atoms with Crippen molar-refractivity contribution in [3.05, 3.63) is 20.3 Å². The minimum atomic E-state index is -3.08. The molecule has 1 fully saturated rings. The third-order valence-corrected chi connectivity index (χ3v) is 7.15. The van der Waals surface area contributed by atoms with Crippen molar-refractivity contribution in [3.8, 4) is 0 Å². The van der Waals surface area contributed by atoms with E-state index in [0.29, 0.717) is 19.6 Å². The summed E-state index contributed by atoms with van der Waals surface area (Å²) in [6.07, 6.45) is 1.27. The molecule has 0 aromatic carbocycles. The van der Waals surface area contributed by atoms with Gasteiger partial charge in [0.1, 0.15) is 0 Å². The van der Waals surface area contributed by atoms with Crippen LogP contribution < -0.4 is 5.73 Å². The van der Waals surface area contributed by atoms with E-state index in [1.807, 2.05) is 0 Å². The number of nitrogens with zero attached hydrogens (tertiary/aromatic N) is 2. The van der Waals surface area contributed by atoms with Crippen LogP contribution in [0.4, 0.5) is 0 Å². The molecule has 114 valence electrons. The highest BCUT2D eigenvalue weighted by Crippen LogP contribution is 2.33. The summed E-state index contributed by atoms with van der Waals surface area (Å²) in [6, 6.07) is 2.30. The van der Waals surface area contributed by atoms with E-state index in [1.165, 1.54) is 20.3 Å². The number of sulfonamides is 1. The Kier molecular flexibility index (Phi) is 5.25. The number of thiophene rings is 1. The SMILES string of the molecule is Cc1sc(C(CN)N2CCN(S(C)(=O)=O)CC2)cc1Br. The van der Waals surface area contributed by atoms with E-state index in [4.69, 9.17) is 5.73 Å². The van der Waals surface area contributed by atoms with Gasteiger partial charge in [-0.05, 0) is 28.9 Å². The minimum absolute atomic E-state index is 0.173. The molecule has 1 aliphatic heterocycles. The van der Waals surface area contributed by atoms with E-state index in [-0.39, 0.29) is 6.04 Å². The van der Waals surface area contributed by atoms with Gasteiger partial charge in [0.2, 0.25) is 10.0 Å². The third-order valence-electron chi connectivity index (χ3n) is 3.61. The van der Waals surface area contributed by atoms with Gasteiger partial charge in [0.05, 0.1) is 12.3 Å². The maximum Gasteiger partial charge on any atom is 0.211 e. The number of aryl methyl sites for hydroxylation is 1. The number of halogens is 1. The molecule has 0 spiro atoms. The summed E-state index contributed by atoms with van der Waals surface area (Å²) in [5, 5.41) is 0. The Morgan fingerprint density at radius 3 is 2.40 bits per heavy atom. The first-order chi connectivity index (χ1) is 9.32. The largest absolute Gasteiger partial charge is 0.329 e. The van der Waals surface area contributed by atoms with Crippen molar-refractivity contribution in [3.63, 3.8) is 0 Å². The van der Waals surface area contributed by atoms with E-state index in [0.717, 1.165) is 17.6 Å². The molecule has 1 aromatic heterocycles. The zero-order chi connectivity index (χ0) is 14.9. The van der Waals surface area contributed by atoms with Gasteiger partial charge in [0.25, 0.3) is 0 Å². The lowest BCUT2D eigenvalue weighted by molar-refractivity contribution is 0.142. The molecule has 0 aliphatic carbocycles. The van der Waals surface area contributed by atoms with Crippen LogP contribution in [0.1, 0.15) is 15.8 Å². The van der Waals surface area contributed by atoms with E-state index in [1.54, 1.807) is 11.3 Å². The molecular weight excluding hydrogens is 362 g/mol. The van der Waals surface area contributed by atoms with E-state index < -0.39 is 10.0 Å². The van der Waals surface area contributed by atoms with Crippen LogP contribution in [0.5, 0.6) is 0 Å². The number of hydrogen-bond acceptors (Lipinski definition) is 5. The molecule has 1 saturated heterocycles. The zero-order valence-corrected chi connectivity index (χ0v) is 14.9. The first kappa shape index (κ1) is 16.4. The molecule has 2 N–H and O–H groups in total. The molecule has 0 bridgehead atoms. The highest BCUT2D eigenvalue weighted by Gasteiger charge is 2.28. The molecule has 2 heterocycles. The first-order valence-electron chi connectivity index (χ1n) is 6.48. The predicted molar refractivity (Wildman–Crippen MR) is 86.5 cm³/mol. The van der Waals surface area contributed by atoms with Gasteiger partial charge in [-0.1, -0.05) is 0 Å². The summed E-state index contributed by atoms with van der Waals surface area (Å²) < 4.78 is 25.7. The number of hydrogen-bond donors (Lipinski definition) is 1. The Morgan fingerprint density at radius 2 is 2.00 bits per heavy atom. The Labute approximate surface area is 132 Å². The fourth-order valence-corrected chi connectivity index (χ4v) is 4.97. The molecule has 0 saturated carbocycles. The van der Waals surface area contributed by atoms with Crippen molar-refractivity contribution in [2.24, 2.45) is 5.73 Å². The van der Waals surface area contributed by atoms with Crippen molar-refractivity contribution in [1.82, 2.24) is 9.21 Å². The van der Waals surface area contributed by atoms with Gasteiger partial charge in [-0.2, -0.15) is 4.31 Å². The van der Waals surface area contributed by atoms with Gasteiger partial charge in [0, 0.05) is 47.0 Å². The van der Waals surface area contributed by atoms with Gasteiger partial charge in [-0.15, -0.1) is 11.3 Å². The third kappa shape index (κ3) is 3.61. The van der Waals surface area contributed by atoms with Crippen molar-refractivity contribution in [2.75, 3.05) is 39.0 Å². The fourth-order valence-electron chi connectivity index (χ4n) is 2.44. The standard InChI is InChI=1S/C12H20BrN3O2S2/c1-9-10(13)7-12(19-9)11(8-14)15-3-5-16(6-4-15)20(2,17)18/h7,11H,3-6,8,14H2,1-2H3. The van der Waals surface area contributed by atoms with Crippen LogP contribution in [0.25, 0.3) is 0 Å². The molecular formula is C12H20BrN3O2S2. The quantitative estimate of drug-likeness (QED) is 0.855. The summed E-state index contributed by atoms with van der Waals surface area (Å²) >= 11 is 5.28. The molecule has 0 amide bonds. The lowest BCUT2D eigenvalue weighted by Crippen LogP contribution is -2.50. The molecule has 1 aromatic rings. The van der Waals surface area contributed by atoms with Gasteiger partial charge in [0.15, 0.2) is 0 Å². The number of rotatable bonds is 4. The second-order valence-electron chi connectivity index (χ2n) is 5.00. The minimum Gasteiger partial charge on any atom is -0.329 e. The molecule has 2 rings (SSSR count). The average Bonchev–Trinajstić information content (AvgIpc) is 2.70. The van der Waals surface area contributed by atoms with Crippen LogP contribution in [0.3, 0.4) is 0 Å². The van der Waals surface area contributed by atoms with E-state index >= 15 is 0 Å². The molecule has 5 nitrogen and oxygen atoms in total. The van der Waals surface area contributed by atoms with Crippen LogP contribution in [-0.4, -0.2) is 56.6 Å². The Hall–Kier alpha value is 0.01000. The topological polar surface area (TPSA) is 66.6 Å². The fraction of sp³-hybridized carbons (Fsp3) is 0.667. The zero-order valence-electron chi connectivity index (χ0n) is 11.7. The van der Waals surface area contributed by atoms with Crippen molar-refractivity contribution in [1.29, 1.82) is 0 Å². The molecule has 1 atom stereocenters. The lowest BCUT2D eigenvalue weighted by Gasteiger charge is -2.37. The Balaban J connectivity index is 2.07. The highest BCUT2D eigenvalue weighted by atomic mass is 79.9. The lowest BCUT2D eigenvalue weighted by atomic mass is 10.2. The van der Waals surface area contributed by atoms with E-state index in [2.05, 4.69) is 33.8 Å². The van der Waals surface area contributed by atoms with Crippen LogP contribution >= 0.6 is 27.3 Å². The van der Waals surface area contributed by atoms with Crippen molar-refractivity contribution >= 4 is 37.3 Å².